The number of benzene rings is 2. The lowest BCUT2D eigenvalue weighted by Gasteiger charge is -2.14. The third-order valence-electron chi connectivity index (χ3n) is 4.43. The lowest BCUT2D eigenvalue weighted by molar-refractivity contribution is -0.124. The molecule has 1 atom stereocenters. The number of carbonyl (C=O) groups excluding carboxylic acids is 2. The summed E-state index contributed by atoms with van der Waals surface area (Å²) < 4.78 is 8.20. The summed E-state index contributed by atoms with van der Waals surface area (Å²) in [5.41, 5.74) is 2.42. The summed E-state index contributed by atoms with van der Waals surface area (Å²) in [5.74, 6) is -0.831. The second-order valence-electron chi connectivity index (χ2n) is 6.26. The number of nitrogens with zero attached hydrogens (tertiary/aromatic N) is 1. The lowest BCUT2D eigenvalue weighted by atomic mass is 10.1. The van der Waals surface area contributed by atoms with Crippen molar-refractivity contribution >= 4 is 38.7 Å². The lowest BCUT2D eigenvalue weighted by Crippen LogP contribution is -2.31. The highest BCUT2D eigenvalue weighted by Gasteiger charge is 2.17. The standard InChI is InChI=1S/C21H21BrN2O3/c1-3-24-12-18(17-6-4-5-7-19(17)24)21(26)27-13-20(25)23-14(2)15-8-10-16(22)11-9-15/h4-12,14H,3,13H2,1-2H3,(H,23,25). The van der Waals surface area contributed by atoms with Gasteiger partial charge in [-0.3, -0.25) is 4.79 Å². The molecule has 0 aliphatic heterocycles. The van der Waals surface area contributed by atoms with Crippen LogP contribution in [-0.2, 0) is 16.1 Å². The Hall–Kier alpha value is -2.60. The maximum absolute atomic E-state index is 12.5. The number of amides is 1. The van der Waals surface area contributed by atoms with Gasteiger partial charge in [0.15, 0.2) is 6.61 Å². The van der Waals surface area contributed by atoms with Crippen molar-refractivity contribution in [2.45, 2.75) is 26.4 Å². The number of aryl methyl sites for hydroxylation is 1. The third kappa shape index (κ3) is 4.39. The van der Waals surface area contributed by atoms with Crippen molar-refractivity contribution in [2.24, 2.45) is 0 Å². The van der Waals surface area contributed by atoms with E-state index in [0.29, 0.717) is 5.56 Å². The fourth-order valence-electron chi connectivity index (χ4n) is 3.00. The summed E-state index contributed by atoms with van der Waals surface area (Å²) >= 11 is 3.39. The first-order valence-corrected chi connectivity index (χ1v) is 9.58. The van der Waals surface area contributed by atoms with Crippen molar-refractivity contribution in [3.63, 3.8) is 0 Å². The molecule has 0 fully saturated rings. The minimum Gasteiger partial charge on any atom is -0.452 e. The normalized spacial score (nSPS) is 12.0. The van der Waals surface area contributed by atoms with Gasteiger partial charge in [0.25, 0.3) is 5.91 Å². The Labute approximate surface area is 166 Å². The molecule has 0 bridgehead atoms. The minimum atomic E-state index is -0.496. The molecule has 6 heteroatoms. The van der Waals surface area contributed by atoms with Crippen LogP contribution in [0.3, 0.4) is 0 Å². The van der Waals surface area contributed by atoms with Crippen molar-refractivity contribution in [1.82, 2.24) is 9.88 Å². The number of carbonyl (C=O) groups is 2. The van der Waals surface area contributed by atoms with Gasteiger partial charge in [-0.15, -0.1) is 0 Å². The number of esters is 1. The number of halogens is 1. The predicted octanol–water partition coefficient (Wildman–Crippen LogP) is 4.46. The van der Waals surface area contributed by atoms with Crippen LogP contribution in [-0.4, -0.2) is 23.1 Å². The zero-order valence-electron chi connectivity index (χ0n) is 15.2. The van der Waals surface area contributed by atoms with Crippen LogP contribution in [0.2, 0.25) is 0 Å². The fourth-order valence-corrected chi connectivity index (χ4v) is 3.26. The van der Waals surface area contributed by atoms with Crippen molar-refractivity contribution in [1.29, 1.82) is 0 Å². The molecule has 3 rings (SSSR count). The first-order chi connectivity index (χ1) is 13.0. The molecule has 1 heterocycles. The molecule has 140 valence electrons. The summed E-state index contributed by atoms with van der Waals surface area (Å²) in [6.07, 6.45) is 1.77. The largest absolute Gasteiger partial charge is 0.452 e. The molecule has 27 heavy (non-hydrogen) atoms. The summed E-state index contributed by atoms with van der Waals surface area (Å²) in [4.78, 5) is 24.6. The molecule has 1 amide bonds. The molecule has 0 spiro atoms. The zero-order valence-corrected chi connectivity index (χ0v) is 16.8. The van der Waals surface area contributed by atoms with E-state index in [2.05, 4.69) is 21.2 Å². The van der Waals surface area contributed by atoms with E-state index in [4.69, 9.17) is 4.74 Å². The van der Waals surface area contributed by atoms with Gasteiger partial charge >= 0.3 is 5.97 Å². The number of ether oxygens (including phenoxy) is 1. The minimum absolute atomic E-state index is 0.175. The quantitative estimate of drug-likeness (QED) is 0.589. The summed E-state index contributed by atoms with van der Waals surface area (Å²) in [7, 11) is 0. The van der Waals surface area contributed by atoms with Crippen LogP contribution in [0.15, 0.2) is 59.2 Å². The molecular formula is C21H21BrN2O3. The molecule has 3 aromatic rings. The summed E-state index contributed by atoms with van der Waals surface area (Å²) in [6, 6.07) is 15.2. The topological polar surface area (TPSA) is 60.3 Å². The molecular weight excluding hydrogens is 408 g/mol. The van der Waals surface area contributed by atoms with Gasteiger partial charge in [-0.1, -0.05) is 46.3 Å². The summed E-state index contributed by atoms with van der Waals surface area (Å²) in [6.45, 7) is 4.33. The average Bonchev–Trinajstić information content (AvgIpc) is 3.05. The molecule has 1 unspecified atom stereocenters. The Balaban J connectivity index is 1.62. The molecule has 0 radical (unpaired) electrons. The number of aromatic nitrogens is 1. The third-order valence-corrected chi connectivity index (χ3v) is 4.96. The van der Waals surface area contributed by atoms with Gasteiger partial charge in [0, 0.05) is 28.1 Å². The Morgan fingerprint density at radius 2 is 1.85 bits per heavy atom. The van der Waals surface area contributed by atoms with Gasteiger partial charge in [-0.2, -0.15) is 0 Å². The molecule has 0 aliphatic carbocycles. The second kappa shape index (κ2) is 8.39. The van der Waals surface area contributed by atoms with E-state index >= 15 is 0 Å². The van der Waals surface area contributed by atoms with Crippen molar-refractivity contribution in [3.8, 4) is 0 Å². The molecule has 1 N–H and O–H groups in total. The van der Waals surface area contributed by atoms with E-state index in [1.54, 1.807) is 6.20 Å². The van der Waals surface area contributed by atoms with Gasteiger partial charge < -0.3 is 14.6 Å². The Bertz CT molecular complexity index is 963. The molecule has 1 aromatic heterocycles. The van der Waals surface area contributed by atoms with E-state index in [1.807, 2.05) is 66.9 Å². The van der Waals surface area contributed by atoms with Gasteiger partial charge in [-0.05, 0) is 37.6 Å². The highest BCUT2D eigenvalue weighted by Crippen LogP contribution is 2.22. The molecule has 0 saturated heterocycles. The summed E-state index contributed by atoms with van der Waals surface area (Å²) in [5, 5.41) is 3.67. The van der Waals surface area contributed by atoms with Gasteiger partial charge in [0.2, 0.25) is 0 Å². The number of para-hydroxylation sites is 1. The number of hydrogen-bond donors (Lipinski definition) is 1. The van der Waals surface area contributed by atoms with Crippen LogP contribution in [0.4, 0.5) is 0 Å². The maximum Gasteiger partial charge on any atom is 0.340 e. The van der Waals surface area contributed by atoms with E-state index in [9.17, 15) is 9.59 Å². The average molecular weight is 429 g/mol. The van der Waals surface area contributed by atoms with Crippen LogP contribution >= 0.6 is 15.9 Å². The molecule has 0 aliphatic rings. The first-order valence-electron chi connectivity index (χ1n) is 8.79. The van der Waals surface area contributed by atoms with Gasteiger partial charge in [-0.25, -0.2) is 4.79 Å². The molecule has 2 aromatic carbocycles. The zero-order chi connectivity index (χ0) is 19.4. The smallest absolute Gasteiger partial charge is 0.340 e. The number of fused-ring (bicyclic) bond motifs is 1. The van der Waals surface area contributed by atoms with Gasteiger partial charge in [0.05, 0.1) is 11.6 Å². The van der Waals surface area contributed by atoms with Crippen LogP contribution in [0.25, 0.3) is 10.9 Å². The Morgan fingerprint density at radius 1 is 1.15 bits per heavy atom. The number of nitrogens with one attached hydrogen (secondary N) is 1. The number of hydrogen-bond acceptors (Lipinski definition) is 3. The van der Waals surface area contributed by atoms with Crippen molar-refractivity contribution in [3.05, 3.63) is 70.3 Å². The number of rotatable bonds is 6. The van der Waals surface area contributed by atoms with Crippen LogP contribution in [0.1, 0.15) is 35.8 Å². The van der Waals surface area contributed by atoms with E-state index < -0.39 is 5.97 Å². The van der Waals surface area contributed by atoms with E-state index in [-0.39, 0.29) is 18.6 Å². The highest BCUT2D eigenvalue weighted by molar-refractivity contribution is 9.10. The van der Waals surface area contributed by atoms with Crippen LogP contribution < -0.4 is 5.32 Å². The first kappa shape index (κ1) is 19.2. The Morgan fingerprint density at radius 3 is 2.56 bits per heavy atom. The molecule has 5 nitrogen and oxygen atoms in total. The van der Waals surface area contributed by atoms with Crippen molar-refractivity contribution in [2.75, 3.05) is 6.61 Å². The maximum atomic E-state index is 12.5. The van der Waals surface area contributed by atoms with Gasteiger partial charge in [0.1, 0.15) is 0 Å². The second-order valence-corrected chi connectivity index (χ2v) is 7.18. The van der Waals surface area contributed by atoms with E-state index in [1.165, 1.54) is 0 Å². The Kier molecular flexibility index (Phi) is 5.96. The fraction of sp³-hybridized carbons (Fsp3) is 0.238. The predicted molar refractivity (Wildman–Crippen MR) is 109 cm³/mol. The SMILES string of the molecule is CCn1cc(C(=O)OCC(=O)NC(C)c2ccc(Br)cc2)c2ccccc21. The van der Waals surface area contributed by atoms with Crippen LogP contribution in [0, 0.1) is 0 Å². The van der Waals surface area contributed by atoms with Crippen LogP contribution in [0.5, 0.6) is 0 Å². The van der Waals surface area contributed by atoms with E-state index in [0.717, 1.165) is 27.5 Å². The monoisotopic (exact) mass is 428 g/mol. The molecule has 0 saturated carbocycles. The van der Waals surface area contributed by atoms with Crippen molar-refractivity contribution < 1.29 is 14.3 Å². The highest BCUT2D eigenvalue weighted by atomic mass is 79.9.